The van der Waals surface area contributed by atoms with Crippen molar-refractivity contribution in [1.29, 1.82) is 0 Å². The minimum atomic E-state index is -0.122. The van der Waals surface area contributed by atoms with Crippen LogP contribution in [-0.2, 0) is 0 Å². The zero-order valence-corrected chi connectivity index (χ0v) is 5.50. The second-order valence-corrected chi connectivity index (χ2v) is 2.04. The van der Waals surface area contributed by atoms with E-state index in [9.17, 15) is 4.39 Å². The number of halogens is 1. The number of hydrogen-bond donors (Lipinski definition) is 0. The molecule has 0 aromatic rings. The van der Waals surface area contributed by atoms with Crippen LogP contribution in [0.1, 0.15) is 6.42 Å². The maximum Gasteiger partial charge on any atom is 0.0891 e. The van der Waals surface area contributed by atoms with Gasteiger partial charge in [-0.2, -0.15) is 0 Å². The predicted molar refractivity (Wildman–Crippen MR) is 25.3 cm³/mol. The van der Waals surface area contributed by atoms with Crippen molar-refractivity contribution in [2.45, 2.75) is 12.5 Å². The lowest BCUT2D eigenvalue weighted by Gasteiger charge is -1.76. The lowest BCUT2D eigenvalue weighted by molar-refractivity contribution is 0.487. The fourth-order valence-corrected chi connectivity index (χ4v) is 0.401. The summed E-state index contributed by atoms with van der Waals surface area (Å²) in [7, 11) is 1.16. The molecule has 0 N–H and O–H groups in total. The van der Waals surface area contributed by atoms with Crippen LogP contribution < -0.4 is 0 Å². The van der Waals surface area contributed by atoms with Crippen LogP contribution in [0.3, 0.4) is 0 Å². The summed E-state index contributed by atoms with van der Waals surface area (Å²) in [5.74, 6) is 0. The highest BCUT2D eigenvalue weighted by Crippen LogP contribution is 1.81. The summed E-state index contributed by atoms with van der Waals surface area (Å²) in [5.41, 5.74) is 0. The molecule has 2 heteroatoms. The van der Waals surface area contributed by atoms with Crippen molar-refractivity contribution >= 4 is 10.2 Å². The molecule has 0 atom stereocenters. The van der Waals surface area contributed by atoms with Crippen molar-refractivity contribution in [1.82, 2.24) is 0 Å². The third-order valence-electron chi connectivity index (χ3n) is 0.487. The first kappa shape index (κ1) is 5.15. The third kappa shape index (κ3) is 4.15. The summed E-state index contributed by atoms with van der Waals surface area (Å²) in [6, 6.07) is 1.11. The van der Waals surface area contributed by atoms with Crippen molar-refractivity contribution in [3.05, 3.63) is 0 Å². The molecule has 0 aliphatic rings. The van der Waals surface area contributed by atoms with Crippen LogP contribution in [0.25, 0.3) is 0 Å². The number of alkyl halides is 1. The Morgan fingerprint density at radius 1 is 1.60 bits per heavy atom. The minimum Gasteiger partial charge on any atom is -0.251 e. The summed E-state index contributed by atoms with van der Waals surface area (Å²) < 4.78 is 11.0. The van der Waals surface area contributed by atoms with E-state index in [0.717, 1.165) is 22.7 Å². The van der Waals surface area contributed by atoms with Gasteiger partial charge in [0.25, 0.3) is 0 Å². The molecule has 0 amide bonds. The molecular weight excluding hydrogens is 83.1 g/mol. The summed E-state index contributed by atoms with van der Waals surface area (Å²) in [4.78, 5) is 0. The second kappa shape index (κ2) is 4.15. The third-order valence-corrected chi connectivity index (χ3v) is 1.19. The van der Waals surface area contributed by atoms with E-state index >= 15 is 0 Å². The average molecular weight is 92.2 g/mol. The summed E-state index contributed by atoms with van der Waals surface area (Å²) in [6.07, 6.45) is 0.784. The normalized spacial score (nSPS) is 9.00. The lowest BCUT2D eigenvalue weighted by atomic mass is 10.6. The Hall–Kier alpha value is 0.147. The minimum absolute atomic E-state index is 0.122. The Labute approximate surface area is 34.8 Å². The predicted octanol–water partition coefficient (Wildman–Crippen LogP) is 0.130. The molecule has 0 aromatic heterocycles. The van der Waals surface area contributed by atoms with Gasteiger partial charge < -0.3 is 0 Å². The fraction of sp³-hybridized carbons (Fsp3) is 1.00. The molecule has 0 nitrogen and oxygen atoms in total. The highest BCUT2D eigenvalue weighted by atomic mass is 28.1. The standard InChI is InChI=1S/C3H9FSi/c4-2-1-3-5/h1-3H2,5H3. The van der Waals surface area contributed by atoms with Gasteiger partial charge in [0.15, 0.2) is 0 Å². The molecular formula is C3H9FSi. The van der Waals surface area contributed by atoms with Crippen LogP contribution in [-0.4, -0.2) is 16.9 Å². The van der Waals surface area contributed by atoms with Gasteiger partial charge in [-0.05, 0) is 6.42 Å². The molecule has 0 spiro atoms. The Bertz CT molecular complexity index is 14.4. The Morgan fingerprint density at radius 2 is 2.20 bits per heavy atom. The van der Waals surface area contributed by atoms with Gasteiger partial charge in [-0.3, -0.25) is 4.39 Å². The zero-order valence-electron chi connectivity index (χ0n) is 3.50. The molecule has 0 aliphatic heterocycles. The highest BCUT2D eigenvalue weighted by molar-refractivity contribution is 6.08. The SMILES string of the molecule is FCCC[SiH3]. The molecule has 5 heavy (non-hydrogen) atoms. The topological polar surface area (TPSA) is 0 Å². The van der Waals surface area contributed by atoms with E-state index in [2.05, 4.69) is 0 Å². The number of hydrogen-bond acceptors (Lipinski definition) is 0. The molecule has 0 rings (SSSR count). The quantitative estimate of drug-likeness (QED) is 0.425. The first-order valence-electron chi connectivity index (χ1n) is 1.97. The second-order valence-electron chi connectivity index (χ2n) is 1.04. The smallest absolute Gasteiger partial charge is 0.0891 e. The van der Waals surface area contributed by atoms with Gasteiger partial charge in [0.2, 0.25) is 0 Å². The van der Waals surface area contributed by atoms with Crippen molar-refractivity contribution in [3.8, 4) is 0 Å². The van der Waals surface area contributed by atoms with Crippen LogP contribution in [0, 0.1) is 0 Å². The van der Waals surface area contributed by atoms with Gasteiger partial charge in [-0.25, -0.2) is 0 Å². The Kier molecular flexibility index (Phi) is 4.27. The molecule has 0 aromatic carbocycles. The molecule has 0 saturated carbocycles. The molecule has 0 fully saturated rings. The van der Waals surface area contributed by atoms with Crippen molar-refractivity contribution in [2.75, 3.05) is 6.67 Å². The summed E-state index contributed by atoms with van der Waals surface area (Å²) in [6.45, 7) is -0.122. The largest absolute Gasteiger partial charge is 0.251 e. The monoisotopic (exact) mass is 92.0 g/mol. The van der Waals surface area contributed by atoms with E-state index in [1.807, 2.05) is 0 Å². The molecule has 0 heterocycles. The maximum absolute atomic E-state index is 11.0. The molecule has 0 bridgehead atoms. The fourth-order valence-electron chi connectivity index (χ4n) is 0.134. The first-order chi connectivity index (χ1) is 2.41. The van der Waals surface area contributed by atoms with Crippen LogP contribution in [0.5, 0.6) is 0 Å². The van der Waals surface area contributed by atoms with Gasteiger partial charge in [0.05, 0.1) is 6.67 Å². The number of rotatable bonds is 2. The Balaban J connectivity index is 2.19. The van der Waals surface area contributed by atoms with E-state index in [1.165, 1.54) is 0 Å². The van der Waals surface area contributed by atoms with Crippen LogP contribution in [0.2, 0.25) is 6.04 Å². The van der Waals surface area contributed by atoms with E-state index in [0.29, 0.717) is 0 Å². The van der Waals surface area contributed by atoms with E-state index in [-0.39, 0.29) is 6.67 Å². The van der Waals surface area contributed by atoms with E-state index < -0.39 is 0 Å². The van der Waals surface area contributed by atoms with Crippen molar-refractivity contribution < 1.29 is 4.39 Å². The maximum atomic E-state index is 11.0. The molecule has 0 saturated heterocycles. The van der Waals surface area contributed by atoms with Crippen LogP contribution >= 0.6 is 0 Å². The highest BCUT2D eigenvalue weighted by Gasteiger charge is 1.71. The summed E-state index contributed by atoms with van der Waals surface area (Å²) >= 11 is 0. The molecule has 32 valence electrons. The van der Waals surface area contributed by atoms with Crippen molar-refractivity contribution in [2.24, 2.45) is 0 Å². The molecule has 0 aliphatic carbocycles. The van der Waals surface area contributed by atoms with Crippen LogP contribution in [0.15, 0.2) is 0 Å². The zero-order chi connectivity index (χ0) is 4.12. The van der Waals surface area contributed by atoms with Gasteiger partial charge >= 0.3 is 0 Å². The van der Waals surface area contributed by atoms with Gasteiger partial charge in [-0.1, -0.05) is 6.04 Å². The first-order valence-corrected chi connectivity index (χ1v) is 3.39. The van der Waals surface area contributed by atoms with Gasteiger partial charge in [0.1, 0.15) is 0 Å². The van der Waals surface area contributed by atoms with Gasteiger partial charge in [-0.15, -0.1) is 0 Å². The average Bonchev–Trinajstić information content (AvgIpc) is 1.41. The lowest BCUT2D eigenvalue weighted by Crippen LogP contribution is -1.70. The van der Waals surface area contributed by atoms with Gasteiger partial charge in [0, 0.05) is 10.2 Å². The van der Waals surface area contributed by atoms with E-state index in [4.69, 9.17) is 0 Å². The Morgan fingerprint density at radius 3 is 2.20 bits per heavy atom. The van der Waals surface area contributed by atoms with E-state index in [1.54, 1.807) is 0 Å². The summed E-state index contributed by atoms with van der Waals surface area (Å²) in [5, 5.41) is 0. The molecule has 0 unspecified atom stereocenters. The van der Waals surface area contributed by atoms with Crippen LogP contribution in [0.4, 0.5) is 4.39 Å². The van der Waals surface area contributed by atoms with Crippen molar-refractivity contribution in [3.63, 3.8) is 0 Å². The molecule has 0 radical (unpaired) electrons.